The molecular formula is C14H18BrNOS. The zero-order valence-corrected chi connectivity index (χ0v) is 12.9. The lowest BCUT2D eigenvalue weighted by molar-refractivity contribution is -0.122. The minimum Gasteiger partial charge on any atom is -0.354 e. The Morgan fingerprint density at radius 1 is 1.56 bits per heavy atom. The molecule has 1 amide bonds. The van der Waals surface area contributed by atoms with Gasteiger partial charge < -0.3 is 5.32 Å². The predicted molar refractivity (Wildman–Crippen MR) is 80.5 cm³/mol. The van der Waals surface area contributed by atoms with E-state index in [0.29, 0.717) is 4.83 Å². The highest BCUT2D eigenvalue weighted by Gasteiger charge is 2.28. The molecule has 2 nitrogen and oxygen atoms in total. The first-order valence-corrected chi connectivity index (χ1v) is 8.26. The highest BCUT2D eigenvalue weighted by Crippen LogP contribution is 2.39. The number of hydrogen-bond donors (Lipinski definition) is 1. The zero-order chi connectivity index (χ0) is 13.0. The number of halogens is 1. The summed E-state index contributed by atoms with van der Waals surface area (Å²) in [7, 11) is 0. The summed E-state index contributed by atoms with van der Waals surface area (Å²) in [5, 5.41) is 3.05. The molecule has 0 bridgehead atoms. The van der Waals surface area contributed by atoms with Gasteiger partial charge in [0.1, 0.15) is 0 Å². The summed E-state index contributed by atoms with van der Waals surface area (Å²) in [6.07, 6.45) is 2.23. The van der Waals surface area contributed by atoms with E-state index < -0.39 is 0 Å². The average Bonchev–Trinajstić information content (AvgIpc) is 2.80. The molecule has 1 N–H and O–H groups in total. The van der Waals surface area contributed by atoms with Crippen LogP contribution in [-0.4, -0.2) is 23.0 Å². The molecule has 2 unspecified atom stereocenters. The van der Waals surface area contributed by atoms with Crippen LogP contribution in [0.1, 0.15) is 31.2 Å². The van der Waals surface area contributed by atoms with E-state index in [4.69, 9.17) is 0 Å². The molecule has 0 aliphatic carbocycles. The van der Waals surface area contributed by atoms with Gasteiger partial charge in [-0.1, -0.05) is 47.5 Å². The van der Waals surface area contributed by atoms with Crippen molar-refractivity contribution >= 4 is 33.6 Å². The number of alkyl halides is 1. The van der Waals surface area contributed by atoms with Gasteiger partial charge >= 0.3 is 0 Å². The van der Waals surface area contributed by atoms with Crippen molar-refractivity contribution in [3.63, 3.8) is 0 Å². The molecule has 0 saturated carbocycles. The summed E-state index contributed by atoms with van der Waals surface area (Å²) < 4.78 is 0. The molecule has 0 aromatic heterocycles. The van der Waals surface area contributed by atoms with Crippen LogP contribution >= 0.6 is 27.7 Å². The Hall–Kier alpha value is -0.480. The fraction of sp³-hybridized carbons (Fsp3) is 0.500. The largest absolute Gasteiger partial charge is 0.354 e. The maximum Gasteiger partial charge on any atom is 0.228 e. The number of carbonyl (C=O) groups is 1. The number of benzene rings is 1. The van der Waals surface area contributed by atoms with Crippen LogP contribution in [0, 0.1) is 0 Å². The second-order valence-corrected chi connectivity index (χ2v) is 6.89. The molecule has 1 aliphatic heterocycles. The van der Waals surface area contributed by atoms with Crippen molar-refractivity contribution < 1.29 is 4.79 Å². The number of rotatable bonds is 5. The van der Waals surface area contributed by atoms with Crippen LogP contribution in [0.5, 0.6) is 0 Å². The normalized spacial score (nSPS) is 19.3. The number of hydrogen-bond acceptors (Lipinski definition) is 2. The van der Waals surface area contributed by atoms with Gasteiger partial charge in [0.25, 0.3) is 0 Å². The molecule has 0 radical (unpaired) electrons. The van der Waals surface area contributed by atoms with Crippen molar-refractivity contribution in [2.75, 3.05) is 12.3 Å². The lowest BCUT2D eigenvalue weighted by Gasteiger charge is -2.14. The molecule has 18 heavy (non-hydrogen) atoms. The van der Waals surface area contributed by atoms with Gasteiger partial charge in [0.15, 0.2) is 0 Å². The summed E-state index contributed by atoms with van der Waals surface area (Å²) >= 11 is 5.36. The van der Waals surface area contributed by atoms with E-state index in [9.17, 15) is 4.79 Å². The maximum atomic E-state index is 12.2. The van der Waals surface area contributed by atoms with E-state index in [1.807, 2.05) is 12.1 Å². The van der Waals surface area contributed by atoms with E-state index in [1.165, 1.54) is 10.5 Å². The first-order valence-electron chi connectivity index (χ1n) is 6.36. The third-order valence-corrected chi connectivity index (χ3v) is 5.08. The van der Waals surface area contributed by atoms with Gasteiger partial charge in [0, 0.05) is 22.0 Å². The Balaban J connectivity index is 1.91. The Labute approximate surface area is 121 Å². The van der Waals surface area contributed by atoms with Crippen LogP contribution in [0.4, 0.5) is 0 Å². The number of carbonyl (C=O) groups excluding carboxylic acids is 1. The summed E-state index contributed by atoms with van der Waals surface area (Å²) in [6, 6.07) is 8.20. The molecule has 98 valence electrons. The van der Waals surface area contributed by atoms with Gasteiger partial charge in [-0.3, -0.25) is 4.79 Å². The standard InChI is InChI=1S/C14H18BrNOS/c1-2-5-10(15)8-16-14(17)12-9-18-13-7-4-3-6-11(12)13/h3-4,6-7,10,12H,2,5,8-9H2,1H3,(H,16,17). The Morgan fingerprint density at radius 3 is 3.11 bits per heavy atom. The number of fused-ring (bicyclic) bond motifs is 1. The third-order valence-electron chi connectivity index (χ3n) is 3.12. The van der Waals surface area contributed by atoms with Crippen LogP contribution in [0.2, 0.25) is 0 Å². The van der Waals surface area contributed by atoms with Crippen molar-refractivity contribution in [3.05, 3.63) is 29.8 Å². The number of amides is 1. The molecule has 1 aromatic rings. The van der Waals surface area contributed by atoms with Crippen LogP contribution in [0.3, 0.4) is 0 Å². The summed E-state index contributed by atoms with van der Waals surface area (Å²) in [5.74, 6) is 1.05. The van der Waals surface area contributed by atoms with Gasteiger partial charge in [-0.25, -0.2) is 0 Å². The second-order valence-electron chi connectivity index (χ2n) is 4.53. The van der Waals surface area contributed by atoms with Gasteiger partial charge in [0.2, 0.25) is 5.91 Å². The Bertz CT molecular complexity index is 424. The van der Waals surface area contributed by atoms with Crippen LogP contribution in [0.25, 0.3) is 0 Å². The van der Waals surface area contributed by atoms with Crippen LogP contribution in [0.15, 0.2) is 29.2 Å². The maximum absolute atomic E-state index is 12.2. The summed E-state index contributed by atoms with van der Waals surface area (Å²) in [6.45, 7) is 2.87. The number of nitrogens with one attached hydrogen (secondary N) is 1. The topological polar surface area (TPSA) is 29.1 Å². The zero-order valence-electron chi connectivity index (χ0n) is 10.5. The minimum atomic E-state index is 0.0209. The van der Waals surface area contributed by atoms with Crippen molar-refractivity contribution in [2.45, 2.75) is 35.4 Å². The van der Waals surface area contributed by atoms with Crippen molar-refractivity contribution in [2.24, 2.45) is 0 Å². The Kier molecular flexibility index (Phi) is 5.13. The van der Waals surface area contributed by atoms with Gasteiger partial charge in [-0.2, -0.15) is 0 Å². The molecular weight excluding hydrogens is 310 g/mol. The average molecular weight is 328 g/mol. The highest BCUT2D eigenvalue weighted by molar-refractivity contribution is 9.09. The molecule has 1 heterocycles. The first-order chi connectivity index (χ1) is 8.72. The predicted octanol–water partition coefficient (Wildman–Crippen LogP) is 3.56. The molecule has 1 aliphatic rings. The van der Waals surface area contributed by atoms with Crippen molar-refractivity contribution in [1.82, 2.24) is 5.32 Å². The van der Waals surface area contributed by atoms with E-state index in [2.05, 4.69) is 40.3 Å². The molecule has 0 saturated heterocycles. The molecule has 2 atom stereocenters. The fourth-order valence-corrected chi connectivity index (χ4v) is 3.98. The third kappa shape index (κ3) is 3.29. The first kappa shape index (κ1) is 13.9. The lowest BCUT2D eigenvalue weighted by Crippen LogP contribution is -2.33. The van der Waals surface area contributed by atoms with Gasteiger partial charge in [-0.05, 0) is 18.1 Å². The fourth-order valence-electron chi connectivity index (χ4n) is 2.13. The molecule has 1 aromatic carbocycles. The monoisotopic (exact) mass is 327 g/mol. The van der Waals surface area contributed by atoms with Gasteiger partial charge in [-0.15, -0.1) is 11.8 Å². The van der Waals surface area contributed by atoms with Crippen LogP contribution in [-0.2, 0) is 4.79 Å². The van der Waals surface area contributed by atoms with Crippen molar-refractivity contribution in [1.29, 1.82) is 0 Å². The van der Waals surface area contributed by atoms with Crippen molar-refractivity contribution in [3.8, 4) is 0 Å². The number of thioether (sulfide) groups is 1. The second kappa shape index (κ2) is 6.62. The SMILES string of the molecule is CCCC(Br)CNC(=O)C1CSc2ccccc21. The lowest BCUT2D eigenvalue weighted by atomic mass is 10.0. The van der Waals surface area contributed by atoms with Crippen LogP contribution < -0.4 is 5.32 Å². The van der Waals surface area contributed by atoms with E-state index in [1.54, 1.807) is 11.8 Å². The molecule has 0 spiro atoms. The smallest absolute Gasteiger partial charge is 0.228 e. The Morgan fingerprint density at radius 2 is 2.33 bits per heavy atom. The van der Waals surface area contributed by atoms with E-state index in [0.717, 1.165) is 25.1 Å². The summed E-state index contributed by atoms with van der Waals surface area (Å²) in [5.41, 5.74) is 1.18. The molecule has 2 rings (SSSR count). The van der Waals surface area contributed by atoms with E-state index in [-0.39, 0.29) is 11.8 Å². The molecule has 4 heteroatoms. The quantitative estimate of drug-likeness (QED) is 0.838. The highest BCUT2D eigenvalue weighted by atomic mass is 79.9. The van der Waals surface area contributed by atoms with Gasteiger partial charge in [0.05, 0.1) is 5.92 Å². The molecule has 0 fully saturated rings. The van der Waals surface area contributed by atoms with E-state index >= 15 is 0 Å². The summed E-state index contributed by atoms with van der Waals surface area (Å²) in [4.78, 5) is 13.8. The minimum absolute atomic E-state index is 0.0209.